The number of nitriles is 1. The summed E-state index contributed by atoms with van der Waals surface area (Å²) in [6, 6.07) is 2.38. The van der Waals surface area contributed by atoms with Crippen molar-refractivity contribution in [2.24, 2.45) is 5.41 Å². The van der Waals surface area contributed by atoms with E-state index in [9.17, 15) is 0 Å². The van der Waals surface area contributed by atoms with Crippen molar-refractivity contribution in [3.63, 3.8) is 0 Å². The average molecular weight is 306 g/mol. The van der Waals surface area contributed by atoms with Crippen LogP contribution in [0.25, 0.3) is 0 Å². The fourth-order valence-electron chi connectivity index (χ4n) is 2.68. The third-order valence-corrected chi connectivity index (χ3v) is 4.92. The normalized spacial score (nSPS) is 17.8. The first kappa shape index (κ1) is 16.4. The molecule has 0 bridgehead atoms. The zero-order valence-corrected chi connectivity index (χ0v) is 14.2. The molecular weight excluding hydrogens is 280 g/mol. The Morgan fingerprint density at radius 1 is 1.29 bits per heavy atom. The largest absolute Gasteiger partial charge is 0.301 e. The lowest BCUT2D eigenvalue weighted by Crippen LogP contribution is -2.46. The smallest absolute Gasteiger partial charge is 0.0897 e. The van der Waals surface area contributed by atoms with Crippen molar-refractivity contribution in [3.8, 4) is 6.07 Å². The molecule has 0 amide bonds. The topological polar surface area (TPSA) is 43.2 Å². The van der Waals surface area contributed by atoms with E-state index in [4.69, 9.17) is 5.26 Å². The lowest BCUT2D eigenvalue weighted by atomic mass is 9.90. The maximum atomic E-state index is 9.03. The molecule has 1 aliphatic rings. The number of piperazine rings is 1. The maximum absolute atomic E-state index is 9.03. The van der Waals surface area contributed by atoms with Crippen LogP contribution in [0, 0.1) is 23.7 Å². The van der Waals surface area contributed by atoms with Gasteiger partial charge in [-0.2, -0.15) is 5.26 Å². The van der Waals surface area contributed by atoms with Crippen LogP contribution >= 0.6 is 11.3 Å². The van der Waals surface area contributed by atoms with E-state index >= 15 is 0 Å². The number of aryl methyl sites for hydroxylation is 1. The SMILES string of the molecule is Cc1nc(CN2CCN(CCCC(C)(C)C#N)CC2)cs1. The summed E-state index contributed by atoms with van der Waals surface area (Å²) >= 11 is 1.73. The molecule has 0 aliphatic carbocycles. The molecule has 1 aliphatic heterocycles. The van der Waals surface area contributed by atoms with E-state index in [2.05, 4.69) is 33.2 Å². The van der Waals surface area contributed by atoms with E-state index in [1.807, 2.05) is 13.8 Å². The highest BCUT2D eigenvalue weighted by Crippen LogP contribution is 2.21. The first-order valence-corrected chi connectivity index (χ1v) is 8.63. The minimum atomic E-state index is -0.176. The second kappa shape index (κ2) is 7.35. The van der Waals surface area contributed by atoms with Crippen LogP contribution in [0.15, 0.2) is 5.38 Å². The standard InChI is InChI=1S/C16H26N4S/c1-14-18-15(12-21-14)11-20-9-7-19(8-10-20)6-4-5-16(2,3)13-17/h12H,4-11H2,1-3H3. The van der Waals surface area contributed by atoms with Gasteiger partial charge in [0.15, 0.2) is 0 Å². The van der Waals surface area contributed by atoms with Crippen molar-refractivity contribution < 1.29 is 0 Å². The molecule has 0 N–H and O–H groups in total. The molecule has 0 unspecified atom stereocenters. The molecule has 0 spiro atoms. The summed E-state index contributed by atoms with van der Waals surface area (Å²) in [6.45, 7) is 12.7. The molecule has 21 heavy (non-hydrogen) atoms. The Bertz CT molecular complexity index is 481. The highest BCUT2D eigenvalue weighted by Gasteiger charge is 2.20. The third kappa shape index (κ3) is 5.39. The van der Waals surface area contributed by atoms with Crippen molar-refractivity contribution >= 4 is 11.3 Å². The highest BCUT2D eigenvalue weighted by atomic mass is 32.1. The van der Waals surface area contributed by atoms with E-state index in [-0.39, 0.29) is 5.41 Å². The lowest BCUT2D eigenvalue weighted by molar-refractivity contribution is 0.123. The number of hydrogen-bond donors (Lipinski definition) is 0. The van der Waals surface area contributed by atoms with Gasteiger partial charge in [-0.25, -0.2) is 4.98 Å². The van der Waals surface area contributed by atoms with Crippen molar-refractivity contribution in [2.45, 2.75) is 40.2 Å². The molecule has 116 valence electrons. The molecule has 1 aromatic rings. The zero-order valence-electron chi connectivity index (χ0n) is 13.4. The molecule has 2 rings (SSSR count). The molecule has 1 saturated heterocycles. The highest BCUT2D eigenvalue weighted by molar-refractivity contribution is 7.09. The summed E-state index contributed by atoms with van der Waals surface area (Å²) in [5, 5.41) is 12.4. The maximum Gasteiger partial charge on any atom is 0.0897 e. The average Bonchev–Trinajstić information content (AvgIpc) is 2.86. The van der Waals surface area contributed by atoms with Crippen LogP contribution in [0.4, 0.5) is 0 Å². The van der Waals surface area contributed by atoms with Crippen LogP contribution in [0.5, 0.6) is 0 Å². The first-order valence-electron chi connectivity index (χ1n) is 7.75. The number of nitrogens with zero attached hydrogens (tertiary/aromatic N) is 4. The fourth-order valence-corrected chi connectivity index (χ4v) is 3.29. The van der Waals surface area contributed by atoms with Crippen LogP contribution in [0.3, 0.4) is 0 Å². The minimum Gasteiger partial charge on any atom is -0.301 e. The summed E-state index contributed by atoms with van der Waals surface area (Å²) in [6.07, 6.45) is 2.10. The van der Waals surface area contributed by atoms with E-state index in [0.29, 0.717) is 0 Å². The Balaban J connectivity index is 1.65. The van der Waals surface area contributed by atoms with Gasteiger partial charge in [0.05, 0.1) is 22.2 Å². The van der Waals surface area contributed by atoms with Gasteiger partial charge in [0.25, 0.3) is 0 Å². The lowest BCUT2D eigenvalue weighted by Gasteiger charge is -2.34. The van der Waals surface area contributed by atoms with Crippen LogP contribution in [-0.4, -0.2) is 47.5 Å². The van der Waals surface area contributed by atoms with Gasteiger partial charge in [-0.05, 0) is 40.2 Å². The Morgan fingerprint density at radius 3 is 2.52 bits per heavy atom. The molecule has 4 nitrogen and oxygen atoms in total. The molecule has 0 aromatic carbocycles. The molecule has 1 fully saturated rings. The molecular formula is C16H26N4S. The van der Waals surface area contributed by atoms with Gasteiger partial charge in [-0.15, -0.1) is 11.3 Å². The predicted molar refractivity (Wildman–Crippen MR) is 87.2 cm³/mol. The molecule has 1 aromatic heterocycles. The van der Waals surface area contributed by atoms with Gasteiger partial charge in [-0.1, -0.05) is 0 Å². The molecule has 5 heteroatoms. The molecule has 0 saturated carbocycles. The Hall–Kier alpha value is -0.960. The van der Waals surface area contributed by atoms with E-state index in [0.717, 1.165) is 57.1 Å². The molecule has 2 heterocycles. The van der Waals surface area contributed by atoms with Gasteiger partial charge >= 0.3 is 0 Å². The summed E-state index contributed by atoms with van der Waals surface area (Å²) in [7, 11) is 0. The van der Waals surface area contributed by atoms with E-state index in [1.54, 1.807) is 11.3 Å². The Labute approximate surface area is 132 Å². The summed E-state index contributed by atoms with van der Waals surface area (Å²) in [5.74, 6) is 0. The Morgan fingerprint density at radius 2 is 1.95 bits per heavy atom. The summed E-state index contributed by atoms with van der Waals surface area (Å²) in [4.78, 5) is 9.56. The minimum absolute atomic E-state index is 0.176. The molecule has 0 atom stereocenters. The third-order valence-electron chi connectivity index (χ3n) is 4.10. The van der Waals surface area contributed by atoms with Crippen molar-refractivity contribution in [3.05, 3.63) is 16.1 Å². The van der Waals surface area contributed by atoms with Crippen LogP contribution < -0.4 is 0 Å². The summed E-state index contributed by atoms with van der Waals surface area (Å²) < 4.78 is 0. The van der Waals surface area contributed by atoms with Crippen LogP contribution in [0.1, 0.15) is 37.4 Å². The Kier molecular flexibility index (Phi) is 5.74. The van der Waals surface area contributed by atoms with Crippen molar-refractivity contribution in [1.29, 1.82) is 5.26 Å². The molecule has 0 radical (unpaired) electrons. The van der Waals surface area contributed by atoms with Crippen molar-refractivity contribution in [2.75, 3.05) is 32.7 Å². The van der Waals surface area contributed by atoms with Gasteiger partial charge in [0.1, 0.15) is 0 Å². The van der Waals surface area contributed by atoms with Crippen LogP contribution in [-0.2, 0) is 6.54 Å². The second-order valence-corrected chi connectivity index (χ2v) is 7.64. The predicted octanol–water partition coefficient (Wildman–Crippen LogP) is 2.90. The van der Waals surface area contributed by atoms with Gasteiger partial charge in [-0.3, -0.25) is 4.90 Å². The van der Waals surface area contributed by atoms with Crippen LogP contribution in [0.2, 0.25) is 0 Å². The quantitative estimate of drug-likeness (QED) is 0.810. The van der Waals surface area contributed by atoms with Gasteiger partial charge < -0.3 is 4.90 Å². The number of thiazole rings is 1. The number of aromatic nitrogens is 1. The van der Waals surface area contributed by atoms with E-state index in [1.165, 1.54) is 5.69 Å². The monoisotopic (exact) mass is 306 g/mol. The second-order valence-electron chi connectivity index (χ2n) is 6.57. The summed E-state index contributed by atoms with van der Waals surface area (Å²) in [5.41, 5.74) is 1.03. The van der Waals surface area contributed by atoms with Crippen molar-refractivity contribution in [1.82, 2.24) is 14.8 Å². The number of rotatable bonds is 6. The zero-order chi connectivity index (χ0) is 15.3. The fraction of sp³-hybridized carbons (Fsp3) is 0.750. The van der Waals surface area contributed by atoms with Gasteiger partial charge in [0.2, 0.25) is 0 Å². The number of hydrogen-bond acceptors (Lipinski definition) is 5. The van der Waals surface area contributed by atoms with Gasteiger partial charge in [0, 0.05) is 38.1 Å². The first-order chi connectivity index (χ1) is 9.98. The van der Waals surface area contributed by atoms with E-state index < -0.39 is 0 Å².